The number of hydrogen-bond donors (Lipinski definition) is 1. The lowest BCUT2D eigenvalue weighted by atomic mass is 10.1. The van der Waals surface area contributed by atoms with E-state index in [1.807, 2.05) is 11.3 Å². The summed E-state index contributed by atoms with van der Waals surface area (Å²) in [6.07, 6.45) is 0. The van der Waals surface area contributed by atoms with Crippen molar-refractivity contribution in [3.63, 3.8) is 0 Å². The predicted octanol–water partition coefficient (Wildman–Crippen LogP) is 3.89. The van der Waals surface area contributed by atoms with Gasteiger partial charge in [0.15, 0.2) is 0 Å². The Morgan fingerprint density at radius 3 is 2.25 bits per heavy atom. The quantitative estimate of drug-likeness (QED) is 0.904. The molecular weight excluding hydrogens is 264 g/mol. The normalized spacial score (nSPS) is 14.5. The van der Waals surface area contributed by atoms with E-state index in [1.165, 1.54) is 20.9 Å². The third-order valence-corrected chi connectivity index (χ3v) is 4.65. The van der Waals surface area contributed by atoms with Crippen LogP contribution in [0.1, 0.15) is 33.8 Å². The van der Waals surface area contributed by atoms with Crippen LogP contribution in [0.5, 0.6) is 0 Å². The lowest BCUT2D eigenvalue weighted by Crippen LogP contribution is -2.36. The Bertz CT molecular complexity index is 542. The Morgan fingerprint density at radius 1 is 1.10 bits per heavy atom. The highest BCUT2D eigenvalue weighted by Crippen LogP contribution is 2.29. The van der Waals surface area contributed by atoms with Gasteiger partial charge in [0.05, 0.1) is 6.04 Å². The summed E-state index contributed by atoms with van der Waals surface area (Å²) in [5.74, 6) is 0. The summed E-state index contributed by atoms with van der Waals surface area (Å²) in [5, 5.41) is 0. The van der Waals surface area contributed by atoms with Crippen LogP contribution in [0.25, 0.3) is 0 Å². The van der Waals surface area contributed by atoms with Gasteiger partial charge in [0.2, 0.25) is 0 Å². The Balaban J connectivity index is 2.15. The lowest BCUT2D eigenvalue weighted by molar-refractivity contribution is 0.214. The molecule has 0 amide bonds. The van der Waals surface area contributed by atoms with E-state index in [1.54, 1.807) is 0 Å². The number of nitrogens with zero attached hydrogens (tertiary/aromatic N) is 1. The van der Waals surface area contributed by atoms with E-state index >= 15 is 0 Å². The minimum atomic E-state index is 0.114. The highest BCUT2D eigenvalue weighted by Gasteiger charge is 2.22. The number of rotatable bonds is 5. The van der Waals surface area contributed by atoms with E-state index in [0.29, 0.717) is 0 Å². The second-order valence-electron chi connectivity index (χ2n) is 5.65. The molecule has 1 aromatic carbocycles. The van der Waals surface area contributed by atoms with Gasteiger partial charge >= 0.3 is 0 Å². The van der Waals surface area contributed by atoms with Crippen molar-refractivity contribution in [3.05, 3.63) is 57.3 Å². The van der Waals surface area contributed by atoms with Crippen molar-refractivity contribution in [1.82, 2.24) is 4.90 Å². The predicted molar refractivity (Wildman–Crippen MR) is 88.1 cm³/mol. The summed E-state index contributed by atoms with van der Waals surface area (Å²) in [5.41, 5.74) is 8.85. The van der Waals surface area contributed by atoms with E-state index in [9.17, 15) is 0 Å². The van der Waals surface area contributed by atoms with Gasteiger partial charge in [-0.2, -0.15) is 0 Å². The average molecular weight is 288 g/mol. The smallest absolute Gasteiger partial charge is 0.0591 e. The fraction of sp³-hybridized carbons (Fsp3) is 0.412. The van der Waals surface area contributed by atoms with E-state index in [2.05, 4.69) is 69.1 Å². The van der Waals surface area contributed by atoms with Gasteiger partial charge in [-0.15, -0.1) is 11.3 Å². The van der Waals surface area contributed by atoms with Crippen molar-refractivity contribution >= 4 is 11.3 Å². The number of benzene rings is 1. The Hall–Kier alpha value is -1.16. The molecule has 0 saturated heterocycles. The maximum atomic E-state index is 6.22. The Kier molecular flexibility index (Phi) is 4.97. The Morgan fingerprint density at radius 2 is 1.75 bits per heavy atom. The van der Waals surface area contributed by atoms with Crippen molar-refractivity contribution in [3.8, 4) is 0 Å². The first kappa shape index (κ1) is 15.2. The highest BCUT2D eigenvalue weighted by molar-refractivity contribution is 7.12. The van der Waals surface area contributed by atoms with Crippen LogP contribution in [0.4, 0.5) is 0 Å². The average Bonchev–Trinajstić information content (AvgIpc) is 2.78. The molecule has 0 fully saturated rings. The van der Waals surface area contributed by atoms with Gasteiger partial charge in [-0.3, -0.25) is 4.90 Å². The first-order valence-electron chi connectivity index (χ1n) is 7.05. The molecule has 0 saturated carbocycles. The molecule has 3 heteroatoms. The molecule has 0 aliphatic heterocycles. The molecular formula is C17H24N2S. The summed E-state index contributed by atoms with van der Waals surface area (Å²) in [7, 11) is 2.16. The van der Waals surface area contributed by atoms with Gasteiger partial charge in [0.25, 0.3) is 0 Å². The molecule has 0 aliphatic carbocycles. The summed E-state index contributed by atoms with van der Waals surface area (Å²) in [4.78, 5) is 5.04. The highest BCUT2D eigenvalue weighted by atomic mass is 32.1. The van der Waals surface area contributed by atoms with Crippen LogP contribution in [0, 0.1) is 13.8 Å². The second-order valence-corrected chi connectivity index (χ2v) is 6.97. The van der Waals surface area contributed by atoms with E-state index in [0.717, 1.165) is 6.54 Å². The molecule has 20 heavy (non-hydrogen) atoms. The van der Waals surface area contributed by atoms with Crippen molar-refractivity contribution in [2.75, 3.05) is 7.05 Å². The zero-order chi connectivity index (χ0) is 14.7. The van der Waals surface area contributed by atoms with Crippen LogP contribution in [0.15, 0.2) is 36.4 Å². The molecule has 1 heterocycles. The van der Waals surface area contributed by atoms with Gasteiger partial charge in [-0.25, -0.2) is 0 Å². The van der Waals surface area contributed by atoms with Gasteiger partial charge in [0.1, 0.15) is 0 Å². The van der Waals surface area contributed by atoms with E-state index < -0.39 is 0 Å². The molecule has 2 unspecified atom stereocenters. The molecule has 2 rings (SSSR count). The fourth-order valence-electron chi connectivity index (χ4n) is 2.57. The SMILES string of the molecule is Cc1ccc(CN(C)C(c2ccc(C)s2)C(C)N)cc1. The summed E-state index contributed by atoms with van der Waals surface area (Å²) < 4.78 is 0. The van der Waals surface area contributed by atoms with Crippen LogP contribution >= 0.6 is 11.3 Å². The van der Waals surface area contributed by atoms with Crippen LogP contribution in [0.3, 0.4) is 0 Å². The molecule has 0 bridgehead atoms. The number of hydrogen-bond acceptors (Lipinski definition) is 3. The fourth-order valence-corrected chi connectivity index (χ4v) is 3.73. The van der Waals surface area contributed by atoms with Crippen LogP contribution in [-0.2, 0) is 6.54 Å². The zero-order valence-corrected chi connectivity index (χ0v) is 13.6. The largest absolute Gasteiger partial charge is 0.326 e. The molecule has 108 valence electrons. The Labute approximate surface area is 126 Å². The number of thiophene rings is 1. The summed E-state index contributed by atoms with van der Waals surface area (Å²) in [6, 6.07) is 13.5. The van der Waals surface area contributed by atoms with Gasteiger partial charge in [-0.1, -0.05) is 29.8 Å². The van der Waals surface area contributed by atoms with Crippen molar-refractivity contribution in [1.29, 1.82) is 0 Å². The molecule has 0 radical (unpaired) electrons. The standard InChI is InChI=1S/C17H24N2S/c1-12-5-8-15(9-6-12)11-19(4)17(14(3)18)16-10-7-13(2)20-16/h5-10,14,17H,11,18H2,1-4H3. The van der Waals surface area contributed by atoms with E-state index in [4.69, 9.17) is 5.73 Å². The lowest BCUT2D eigenvalue weighted by Gasteiger charge is -2.30. The van der Waals surface area contributed by atoms with E-state index in [-0.39, 0.29) is 12.1 Å². The molecule has 2 aromatic rings. The molecule has 2 N–H and O–H groups in total. The molecule has 1 aromatic heterocycles. The first-order valence-corrected chi connectivity index (χ1v) is 7.86. The zero-order valence-electron chi connectivity index (χ0n) is 12.8. The second kappa shape index (κ2) is 6.53. The topological polar surface area (TPSA) is 29.3 Å². The van der Waals surface area contributed by atoms with Crippen LogP contribution in [0.2, 0.25) is 0 Å². The molecule has 2 atom stereocenters. The van der Waals surface area contributed by atoms with Crippen molar-refractivity contribution in [2.45, 2.75) is 39.4 Å². The molecule has 0 spiro atoms. The number of likely N-dealkylation sites (N-methyl/N-ethyl adjacent to an activating group) is 1. The number of nitrogens with two attached hydrogens (primary N) is 1. The third-order valence-electron chi connectivity index (χ3n) is 3.58. The minimum absolute atomic E-state index is 0.114. The third kappa shape index (κ3) is 3.69. The van der Waals surface area contributed by atoms with Gasteiger partial charge in [0, 0.05) is 22.3 Å². The maximum absolute atomic E-state index is 6.22. The minimum Gasteiger partial charge on any atom is -0.326 e. The number of aryl methyl sites for hydroxylation is 2. The summed E-state index contributed by atoms with van der Waals surface area (Å²) >= 11 is 1.84. The van der Waals surface area contributed by atoms with Crippen molar-refractivity contribution in [2.24, 2.45) is 5.73 Å². The summed E-state index contributed by atoms with van der Waals surface area (Å²) in [6.45, 7) is 7.27. The van der Waals surface area contributed by atoms with Gasteiger partial charge in [-0.05, 0) is 45.5 Å². The maximum Gasteiger partial charge on any atom is 0.0591 e. The van der Waals surface area contributed by atoms with Crippen molar-refractivity contribution < 1.29 is 0 Å². The van der Waals surface area contributed by atoms with Crippen LogP contribution in [-0.4, -0.2) is 18.0 Å². The molecule has 0 aliphatic rings. The van der Waals surface area contributed by atoms with Gasteiger partial charge < -0.3 is 5.73 Å². The monoisotopic (exact) mass is 288 g/mol. The molecule has 2 nitrogen and oxygen atoms in total. The van der Waals surface area contributed by atoms with Crippen LogP contribution < -0.4 is 5.73 Å². The first-order chi connectivity index (χ1) is 9.47.